The van der Waals surface area contributed by atoms with Gasteiger partial charge in [-0.05, 0) is 36.8 Å². The Balaban J connectivity index is 1.40. The Hall–Kier alpha value is -1.40. The molecule has 0 spiro atoms. The average molecular weight is 347 g/mol. The maximum atomic E-state index is 13.2. The summed E-state index contributed by atoms with van der Waals surface area (Å²) in [6.45, 7) is 4.47. The predicted octanol–water partition coefficient (Wildman–Crippen LogP) is 1.81. The molecule has 2 atom stereocenters. The minimum atomic E-state index is -0.168. The molecule has 4 rings (SSSR count). The summed E-state index contributed by atoms with van der Waals surface area (Å²) in [5, 5.41) is 5.39. The fourth-order valence-corrected chi connectivity index (χ4v) is 5.34. The monoisotopic (exact) mass is 347 g/mol. The molecule has 0 bridgehead atoms. The molecular weight excluding hydrogens is 322 g/mol. The molecule has 2 amide bonds. The van der Waals surface area contributed by atoms with E-state index in [4.69, 9.17) is 0 Å². The van der Waals surface area contributed by atoms with E-state index in [1.807, 2.05) is 27.3 Å². The second kappa shape index (κ2) is 6.48. The molecule has 1 N–H and O–H groups in total. The van der Waals surface area contributed by atoms with E-state index in [2.05, 4.69) is 5.32 Å². The number of piperazine rings is 1. The quantitative estimate of drug-likeness (QED) is 0.888. The molecule has 24 heavy (non-hydrogen) atoms. The van der Waals surface area contributed by atoms with Gasteiger partial charge in [0.05, 0.1) is 10.3 Å². The third kappa shape index (κ3) is 2.65. The van der Waals surface area contributed by atoms with Gasteiger partial charge in [0, 0.05) is 32.7 Å². The Morgan fingerprint density at radius 3 is 2.71 bits per heavy atom. The highest BCUT2D eigenvalue weighted by molar-refractivity contribution is 7.12. The van der Waals surface area contributed by atoms with Crippen LogP contribution < -0.4 is 5.32 Å². The molecule has 0 aromatic carbocycles. The van der Waals surface area contributed by atoms with Gasteiger partial charge in [0.2, 0.25) is 5.91 Å². The Morgan fingerprint density at radius 2 is 1.96 bits per heavy atom. The van der Waals surface area contributed by atoms with Crippen LogP contribution >= 0.6 is 11.3 Å². The fourth-order valence-electron chi connectivity index (χ4n) is 4.65. The number of fused-ring (bicyclic) bond motifs is 1. The lowest BCUT2D eigenvalue weighted by atomic mass is 9.67. The maximum Gasteiger partial charge on any atom is 0.264 e. The Kier molecular flexibility index (Phi) is 4.35. The molecule has 1 aliphatic carbocycles. The van der Waals surface area contributed by atoms with Crippen LogP contribution in [0.3, 0.4) is 0 Å². The van der Waals surface area contributed by atoms with Gasteiger partial charge in [-0.15, -0.1) is 11.3 Å². The van der Waals surface area contributed by atoms with Crippen molar-refractivity contribution in [3.8, 4) is 0 Å². The van der Waals surface area contributed by atoms with Crippen molar-refractivity contribution in [1.82, 2.24) is 15.1 Å². The van der Waals surface area contributed by atoms with Crippen LogP contribution in [-0.4, -0.2) is 60.9 Å². The molecule has 5 nitrogen and oxygen atoms in total. The first-order chi connectivity index (χ1) is 11.7. The standard InChI is InChI=1S/C18H25N3O2S/c22-16(15-5-3-11-24-15)20-7-9-21(10-8-20)17(23)18-6-2-1-4-14(18)12-19-13-18/h3,5,11,14,19H,1-2,4,6-10,12-13H2/t14-,18+/m0/s1. The SMILES string of the molecule is O=C(c1cccs1)N1CCN(C(=O)[C@@]23CCCC[C@H]2CNC3)CC1. The fraction of sp³-hybridized carbons (Fsp3) is 0.667. The number of rotatable bonds is 2. The van der Waals surface area contributed by atoms with E-state index in [-0.39, 0.29) is 11.3 Å². The average Bonchev–Trinajstić information content (AvgIpc) is 3.30. The zero-order valence-electron chi connectivity index (χ0n) is 14.0. The first kappa shape index (κ1) is 16.1. The second-order valence-corrected chi connectivity index (χ2v) is 8.24. The summed E-state index contributed by atoms with van der Waals surface area (Å²) in [6, 6.07) is 3.79. The summed E-state index contributed by atoms with van der Waals surface area (Å²) in [5.41, 5.74) is -0.168. The summed E-state index contributed by atoms with van der Waals surface area (Å²) >= 11 is 1.49. The summed E-state index contributed by atoms with van der Waals surface area (Å²) in [4.78, 5) is 30.4. The molecule has 0 radical (unpaired) electrons. The highest BCUT2D eigenvalue weighted by atomic mass is 32.1. The number of amides is 2. The number of nitrogens with zero attached hydrogens (tertiary/aromatic N) is 2. The molecule has 2 saturated heterocycles. The maximum absolute atomic E-state index is 13.2. The van der Waals surface area contributed by atoms with E-state index in [1.54, 1.807) is 0 Å². The van der Waals surface area contributed by atoms with E-state index >= 15 is 0 Å². The van der Waals surface area contributed by atoms with E-state index in [0.29, 0.717) is 38.0 Å². The minimum absolute atomic E-state index is 0.105. The number of carbonyl (C=O) groups excluding carboxylic acids is 2. The first-order valence-electron chi connectivity index (χ1n) is 9.03. The molecule has 0 unspecified atom stereocenters. The third-order valence-electron chi connectivity index (χ3n) is 6.05. The highest BCUT2D eigenvalue weighted by Gasteiger charge is 2.51. The van der Waals surface area contributed by atoms with E-state index in [0.717, 1.165) is 24.4 Å². The van der Waals surface area contributed by atoms with Crippen LogP contribution in [0.15, 0.2) is 17.5 Å². The van der Waals surface area contributed by atoms with Crippen molar-refractivity contribution in [2.45, 2.75) is 25.7 Å². The normalized spacial score (nSPS) is 30.2. The zero-order valence-corrected chi connectivity index (χ0v) is 14.8. The van der Waals surface area contributed by atoms with Crippen molar-refractivity contribution in [3.05, 3.63) is 22.4 Å². The van der Waals surface area contributed by atoms with Crippen molar-refractivity contribution in [1.29, 1.82) is 0 Å². The van der Waals surface area contributed by atoms with Gasteiger partial charge in [0.25, 0.3) is 5.91 Å². The van der Waals surface area contributed by atoms with Crippen molar-refractivity contribution < 1.29 is 9.59 Å². The van der Waals surface area contributed by atoms with Gasteiger partial charge in [0.15, 0.2) is 0 Å². The Labute approximate surface area is 147 Å². The largest absolute Gasteiger partial charge is 0.339 e. The summed E-state index contributed by atoms with van der Waals surface area (Å²) in [6.07, 6.45) is 4.62. The molecule has 3 aliphatic rings. The van der Waals surface area contributed by atoms with Gasteiger partial charge in [-0.1, -0.05) is 18.9 Å². The summed E-state index contributed by atoms with van der Waals surface area (Å²) < 4.78 is 0. The zero-order chi connectivity index (χ0) is 16.6. The van der Waals surface area contributed by atoms with Gasteiger partial charge in [-0.2, -0.15) is 0 Å². The Bertz CT molecular complexity index is 610. The topological polar surface area (TPSA) is 52.7 Å². The smallest absolute Gasteiger partial charge is 0.264 e. The molecule has 1 saturated carbocycles. The van der Waals surface area contributed by atoms with Crippen LogP contribution in [0.2, 0.25) is 0 Å². The van der Waals surface area contributed by atoms with Gasteiger partial charge < -0.3 is 15.1 Å². The van der Waals surface area contributed by atoms with E-state index < -0.39 is 0 Å². The van der Waals surface area contributed by atoms with E-state index in [9.17, 15) is 9.59 Å². The molecule has 130 valence electrons. The Morgan fingerprint density at radius 1 is 1.17 bits per heavy atom. The molecule has 3 fully saturated rings. The molecule has 2 aliphatic heterocycles. The van der Waals surface area contributed by atoms with Crippen LogP contribution in [0.25, 0.3) is 0 Å². The van der Waals surface area contributed by atoms with Gasteiger partial charge >= 0.3 is 0 Å². The van der Waals surface area contributed by atoms with Gasteiger partial charge in [0.1, 0.15) is 0 Å². The molecule has 6 heteroatoms. The van der Waals surface area contributed by atoms with Crippen LogP contribution in [0.1, 0.15) is 35.4 Å². The van der Waals surface area contributed by atoms with Crippen LogP contribution in [0.5, 0.6) is 0 Å². The molecule has 3 heterocycles. The van der Waals surface area contributed by atoms with Crippen molar-refractivity contribution in [3.63, 3.8) is 0 Å². The van der Waals surface area contributed by atoms with Crippen LogP contribution in [-0.2, 0) is 4.79 Å². The third-order valence-corrected chi connectivity index (χ3v) is 6.91. The molecule has 1 aromatic heterocycles. The van der Waals surface area contributed by atoms with Crippen molar-refractivity contribution >= 4 is 23.2 Å². The van der Waals surface area contributed by atoms with Crippen LogP contribution in [0.4, 0.5) is 0 Å². The predicted molar refractivity (Wildman–Crippen MR) is 94.1 cm³/mol. The number of hydrogen-bond donors (Lipinski definition) is 1. The van der Waals surface area contributed by atoms with Crippen molar-refractivity contribution in [2.75, 3.05) is 39.3 Å². The molecule has 1 aromatic rings. The number of nitrogens with one attached hydrogen (secondary N) is 1. The minimum Gasteiger partial charge on any atom is -0.339 e. The first-order valence-corrected chi connectivity index (χ1v) is 9.91. The lowest BCUT2D eigenvalue weighted by Gasteiger charge is -2.43. The number of thiophene rings is 1. The van der Waals surface area contributed by atoms with Gasteiger partial charge in [-0.25, -0.2) is 0 Å². The van der Waals surface area contributed by atoms with Crippen LogP contribution in [0, 0.1) is 11.3 Å². The van der Waals surface area contributed by atoms with Gasteiger partial charge in [-0.3, -0.25) is 9.59 Å². The van der Waals surface area contributed by atoms with E-state index in [1.165, 1.54) is 30.6 Å². The molecular formula is C18H25N3O2S. The lowest BCUT2D eigenvalue weighted by molar-refractivity contribution is -0.146. The second-order valence-electron chi connectivity index (χ2n) is 7.29. The summed E-state index contributed by atoms with van der Waals surface area (Å²) in [7, 11) is 0. The highest BCUT2D eigenvalue weighted by Crippen LogP contribution is 2.45. The summed E-state index contributed by atoms with van der Waals surface area (Å²) in [5.74, 6) is 0.943. The number of carbonyl (C=O) groups is 2. The number of hydrogen-bond acceptors (Lipinski definition) is 4. The van der Waals surface area contributed by atoms with Crippen molar-refractivity contribution in [2.24, 2.45) is 11.3 Å². The lowest BCUT2D eigenvalue weighted by Crippen LogP contribution is -2.56.